The van der Waals surface area contributed by atoms with Crippen LogP contribution in [0.1, 0.15) is 39.0 Å². The second kappa shape index (κ2) is 5.55. The van der Waals surface area contributed by atoms with Gasteiger partial charge in [0, 0.05) is 19.2 Å². The van der Waals surface area contributed by atoms with E-state index < -0.39 is 0 Å². The van der Waals surface area contributed by atoms with Crippen molar-refractivity contribution in [1.82, 2.24) is 5.32 Å². The maximum Gasteiger partial charge on any atom is 0.0613 e. The number of hydrogen-bond donors (Lipinski definition) is 1. The van der Waals surface area contributed by atoms with Crippen LogP contribution in [0.15, 0.2) is 0 Å². The average molecular weight is 171 g/mol. The molecule has 0 radical (unpaired) electrons. The standard InChI is InChI=1S/C10H21NO/c1-9(8-12-2)11-10-6-4-3-5-7-10/h9-11H,3-8H2,1-2H3/t9-/m1/s1. The molecule has 0 amide bonds. The van der Waals surface area contributed by atoms with Crippen LogP contribution in [-0.2, 0) is 4.74 Å². The van der Waals surface area contributed by atoms with Crippen LogP contribution >= 0.6 is 0 Å². The van der Waals surface area contributed by atoms with Crippen LogP contribution in [0.4, 0.5) is 0 Å². The van der Waals surface area contributed by atoms with Crippen molar-refractivity contribution in [3.63, 3.8) is 0 Å². The molecule has 1 atom stereocenters. The highest BCUT2D eigenvalue weighted by molar-refractivity contribution is 4.74. The molecular weight excluding hydrogens is 150 g/mol. The molecule has 0 spiro atoms. The average Bonchev–Trinajstić information content (AvgIpc) is 2.06. The third-order valence-electron chi connectivity index (χ3n) is 2.54. The summed E-state index contributed by atoms with van der Waals surface area (Å²) in [6, 6.07) is 1.27. The zero-order valence-electron chi connectivity index (χ0n) is 8.31. The van der Waals surface area contributed by atoms with E-state index in [1.807, 2.05) is 0 Å². The minimum Gasteiger partial charge on any atom is -0.383 e. The van der Waals surface area contributed by atoms with Gasteiger partial charge in [0.05, 0.1) is 6.61 Å². The molecule has 1 rings (SSSR count). The first-order valence-corrected chi connectivity index (χ1v) is 5.08. The molecule has 0 aromatic rings. The van der Waals surface area contributed by atoms with Crippen LogP contribution < -0.4 is 5.32 Å². The lowest BCUT2D eigenvalue weighted by molar-refractivity contribution is 0.162. The summed E-state index contributed by atoms with van der Waals surface area (Å²) in [5, 5.41) is 3.59. The smallest absolute Gasteiger partial charge is 0.0613 e. The lowest BCUT2D eigenvalue weighted by Gasteiger charge is -2.26. The van der Waals surface area contributed by atoms with Crippen molar-refractivity contribution >= 4 is 0 Å². The van der Waals surface area contributed by atoms with E-state index in [0.29, 0.717) is 6.04 Å². The Morgan fingerprint density at radius 1 is 1.33 bits per heavy atom. The lowest BCUT2D eigenvalue weighted by Crippen LogP contribution is -2.40. The third kappa shape index (κ3) is 3.55. The largest absolute Gasteiger partial charge is 0.383 e. The van der Waals surface area contributed by atoms with Gasteiger partial charge in [-0.2, -0.15) is 0 Å². The zero-order chi connectivity index (χ0) is 8.81. The monoisotopic (exact) mass is 171 g/mol. The van der Waals surface area contributed by atoms with Gasteiger partial charge in [-0.25, -0.2) is 0 Å². The maximum absolute atomic E-state index is 5.08. The van der Waals surface area contributed by atoms with E-state index in [1.54, 1.807) is 7.11 Å². The molecule has 0 aromatic carbocycles. The van der Waals surface area contributed by atoms with Gasteiger partial charge in [0.2, 0.25) is 0 Å². The predicted octanol–water partition coefficient (Wildman–Crippen LogP) is 1.94. The maximum atomic E-state index is 5.08. The van der Waals surface area contributed by atoms with Gasteiger partial charge in [-0.15, -0.1) is 0 Å². The topological polar surface area (TPSA) is 21.3 Å². The minimum atomic E-state index is 0.512. The highest BCUT2D eigenvalue weighted by atomic mass is 16.5. The second-order valence-corrected chi connectivity index (χ2v) is 3.86. The van der Waals surface area contributed by atoms with Gasteiger partial charge in [-0.05, 0) is 19.8 Å². The van der Waals surface area contributed by atoms with Gasteiger partial charge in [0.1, 0.15) is 0 Å². The first-order valence-electron chi connectivity index (χ1n) is 5.08. The van der Waals surface area contributed by atoms with E-state index in [-0.39, 0.29) is 0 Å². The van der Waals surface area contributed by atoms with Crippen LogP contribution in [0.25, 0.3) is 0 Å². The molecule has 0 heterocycles. The molecule has 0 bridgehead atoms. The number of methoxy groups -OCH3 is 1. The van der Waals surface area contributed by atoms with Crippen LogP contribution in [0.2, 0.25) is 0 Å². The highest BCUT2D eigenvalue weighted by Crippen LogP contribution is 2.17. The number of ether oxygens (including phenoxy) is 1. The van der Waals surface area contributed by atoms with Crippen LogP contribution in [0.5, 0.6) is 0 Å². The van der Waals surface area contributed by atoms with E-state index in [4.69, 9.17) is 4.74 Å². The van der Waals surface area contributed by atoms with Crippen molar-refractivity contribution < 1.29 is 4.74 Å². The molecule has 2 heteroatoms. The summed E-state index contributed by atoms with van der Waals surface area (Å²) in [5.41, 5.74) is 0. The summed E-state index contributed by atoms with van der Waals surface area (Å²) in [6.07, 6.45) is 6.94. The molecule has 1 aliphatic rings. The molecule has 1 aliphatic carbocycles. The van der Waals surface area contributed by atoms with Gasteiger partial charge in [0.15, 0.2) is 0 Å². The molecule has 1 fully saturated rings. The third-order valence-corrected chi connectivity index (χ3v) is 2.54. The summed E-state index contributed by atoms with van der Waals surface area (Å²) in [5.74, 6) is 0. The lowest BCUT2D eigenvalue weighted by atomic mass is 9.95. The van der Waals surface area contributed by atoms with Gasteiger partial charge in [-0.3, -0.25) is 0 Å². The SMILES string of the molecule is COC[C@@H](C)NC1CCCCC1. The Labute approximate surface area is 75.7 Å². The van der Waals surface area contributed by atoms with Crippen molar-refractivity contribution in [3.05, 3.63) is 0 Å². The second-order valence-electron chi connectivity index (χ2n) is 3.86. The molecule has 2 nitrogen and oxygen atoms in total. The summed E-state index contributed by atoms with van der Waals surface area (Å²) >= 11 is 0. The molecule has 0 aromatic heterocycles. The Morgan fingerprint density at radius 3 is 2.58 bits per heavy atom. The van der Waals surface area contributed by atoms with E-state index in [1.165, 1.54) is 32.1 Å². The Kier molecular flexibility index (Phi) is 4.62. The quantitative estimate of drug-likeness (QED) is 0.698. The van der Waals surface area contributed by atoms with Gasteiger partial charge in [-0.1, -0.05) is 19.3 Å². The summed E-state index contributed by atoms with van der Waals surface area (Å²) in [7, 11) is 1.76. The predicted molar refractivity (Wildman–Crippen MR) is 51.3 cm³/mol. The molecule has 12 heavy (non-hydrogen) atoms. The number of hydrogen-bond acceptors (Lipinski definition) is 2. The van der Waals surface area contributed by atoms with E-state index in [9.17, 15) is 0 Å². The summed E-state index contributed by atoms with van der Waals surface area (Å²) in [4.78, 5) is 0. The molecule has 1 N–H and O–H groups in total. The van der Waals surface area contributed by atoms with Crippen LogP contribution in [0.3, 0.4) is 0 Å². The molecule has 1 saturated carbocycles. The Bertz CT molecular complexity index is 110. The number of nitrogens with one attached hydrogen (secondary N) is 1. The van der Waals surface area contributed by atoms with Gasteiger partial charge < -0.3 is 10.1 Å². The zero-order valence-corrected chi connectivity index (χ0v) is 8.31. The van der Waals surface area contributed by atoms with Crippen molar-refractivity contribution in [2.75, 3.05) is 13.7 Å². The first kappa shape index (κ1) is 10.0. The first-order chi connectivity index (χ1) is 5.83. The highest BCUT2D eigenvalue weighted by Gasteiger charge is 2.14. The molecular formula is C10H21NO. The van der Waals surface area contributed by atoms with Crippen LogP contribution in [-0.4, -0.2) is 25.8 Å². The van der Waals surface area contributed by atoms with E-state index in [2.05, 4.69) is 12.2 Å². The Balaban J connectivity index is 2.11. The molecule has 72 valence electrons. The van der Waals surface area contributed by atoms with Gasteiger partial charge in [0.25, 0.3) is 0 Å². The van der Waals surface area contributed by atoms with E-state index >= 15 is 0 Å². The van der Waals surface area contributed by atoms with Crippen molar-refractivity contribution in [2.24, 2.45) is 0 Å². The van der Waals surface area contributed by atoms with Crippen molar-refractivity contribution in [2.45, 2.75) is 51.1 Å². The summed E-state index contributed by atoms with van der Waals surface area (Å²) in [6.45, 7) is 3.02. The fraction of sp³-hybridized carbons (Fsp3) is 1.00. The van der Waals surface area contributed by atoms with Crippen molar-refractivity contribution in [1.29, 1.82) is 0 Å². The van der Waals surface area contributed by atoms with Crippen molar-refractivity contribution in [3.8, 4) is 0 Å². The fourth-order valence-electron chi connectivity index (χ4n) is 1.97. The Morgan fingerprint density at radius 2 is 2.00 bits per heavy atom. The normalized spacial score (nSPS) is 22.5. The minimum absolute atomic E-state index is 0.512. The Hall–Kier alpha value is -0.0800. The number of rotatable bonds is 4. The molecule has 0 aliphatic heterocycles. The summed E-state index contributed by atoms with van der Waals surface area (Å²) < 4.78 is 5.08. The molecule has 0 unspecified atom stereocenters. The molecule has 0 saturated heterocycles. The fourth-order valence-corrected chi connectivity index (χ4v) is 1.97. The van der Waals surface area contributed by atoms with Crippen LogP contribution in [0, 0.1) is 0 Å². The van der Waals surface area contributed by atoms with Gasteiger partial charge >= 0.3 is 0 Å². The van der Waals surface area contributed by atoms with E-state index in [0.717, 1.165) is 12.6 Å².